The standard InChI is InChI=1S/C73H80N4/c1-51-48-57(53-20-8-3-9-21-53)36-45-69(51)75(64-44-47-73-68(50-64)66-27-15-17-29-71(66)77(73)59-24-12-5-13-25-59)62-41-34-56(35-42-62)55-32-39-61(40-33-55)74(60-37-30-54(31-38-60)52-18-6-2-7-19-52)63-43-46-72-67(49-63)65-26-14-16-28-70(65)76(72)58-22-10-4-11-23-58/h4,6,10-12,14-20,22-24,26-29,32,36-37,43,45-46,48-51,54,56,59,61-62,69H,2-3,5,7-9,13,21,25,30-31,33-35,38-42,44,47H2,1H3. The minimum Gasteiger partial charge on any atom is -0.365 e. The first-order valence-corrected chi connectivity index (χ1v) is 30.6. The number of para-hydroxylation sites is 3. The first-order valence-electron chi connectivity index (χ1n) is 30.6. The van der Waals surface area contributed by atoms with Gasteiger partial charge >= 0.3 is 0 Å². The molecule has 392 valence electrons. The first-order chi connectivity index (χ1) is 38.1. The van der Waals surface area contributed by atoms with Crippen molar-refractivity contribution in [2.75, 3.05) is 4.90 Å². The van der Waals surface area contributed by atoms with Crippen LogP contribution in [0.15, 0.2) is 198 Å². The summed E-state index contributed by atoms with van der Waals surface area (Å²) in [6, 6.07) is 38.6. The summed E-state index contributed by atoms with van der Waals surface area (Å²) in [6.07, 6.45) is 56.3. The van der Waals surface area contributed by atoms with E-state index in [1.807, 2.05) is 0 Å². The van der Waals surface area contributed by atoms with Gasteiger partial charge in [0, 0.05) is 67.8 Å². The molecule has 5 unspecified atom stereocenters. The van der Waals surface area contributed by atoms with E-state index in [0.29, 0.717) is 41.9 Å². The van der Waals surface area contributed by atoms with E-state index >= 15 is 0 Å². The predicted octanol–water partition coefficient (Wildman–Crippen LogP) is 19.1. The van der Waals surface area contributed by atoms with E-state index in [1.165, 1.54) is 164 Å². The zero-order valence-electron chi connectivity index (χ0n) is 45.8. The second-order valence-electron chi connectivity index (χ2n) is 24.3. The highest BCUT2D eigenvalue weighted by Crippen LogP contribution is 2.47. The molecule has 4 nitrogen and oxygen atoms in total. The van der Waals surface area contributed by atoms with Crippen LogP contribution in [0.25, 0.3) is 44.5 Å². The SMILES string of the molecule is CC1C=C(C2=CCCCC2)C=CC1N(C1=Cc2c(n(C3C=CCCC3)c3ccccc23)CC1)C1CCC(C2=CCC(N(C3=CCC(C4=CCCC=C4)CC3)c3ccc4c(c3)c3ccccc3n4-c3ccccc3)CC2)CC1. The number of hydrogen-bond donors (Lipinski definition) is 0. The van der Waals surface area contributed by atoms with E-state index in [1.54, 1.807) is 28.1 Å². The van der Waals surface area contributed by atoms with E-state index in [-0.39, 0.29) is 0 Å². The second-order valence-corrected chi connectivity index (χ2v) is 24.3. The van der Waals surface area contributed by atoms with Crippen LogP contribution in [-0.2, 0) is 6.42 Å². The lowest BCUT2D eigenvalue weighted by Gasteiger charge is -2.47. The molecule has 0 N–H and O–H groups in total. The second kappa shape index (κ2) is 21.4. The van der Waals surface area contributed by atoms with E-state index in [4.69, 9.17) is 0 Å². The van der Waals surface area contributed by atoms with Gasteiger partial charge in [0.2, 0.25) is 0 Å². The van der Waals surface area contributed by atoms with Gasteiger partial charge in [0.15, 0.2) is 0 Å². The molecule has 0 radical (unpaired) electrons. The lowest BCUT2D eigenvalue weighted by atomic mass is 9.75. The molecule has 6 aromatic rings. The summed E-state index contributed by atoms with van der Waals surface area (Å²) < 4.78 is 5.20. The number of nitrogens with zero attached hydrogens (tertiary/aromatic N) is 4. The average molecular weight is 1010 g/mol. The monoisotopic (exact) mass is 1010 g/mol. The smallest absolute Gasteiger partial charge is 0.0542 e. The summed E-state index contributed by atoms with van der Waals surface area (Å²) >= 11 is 0. The fourth-order valence-corrected chi connectivity index (χ4v) is 16.0. The summed E-state index contributed by atoms with van der Waals surface area (Å²) in [7, 11) is 0. The molecule has 2 heterocycles. The van der Waals surface area contributed by atoms with Crippen LogP contribution in [0.3, 0.4) is 0 Å². The maximum absolute atomic E-state index is 3.00. The van der Waals surface area contributed by atoms with Gasteiger partial charge in [0.05, 0.1) is 23.1 Å². The van der Waals surface area contributed by atoms with Gasteiger partial charge in [-0.05, 0) is 218 Å². The Hall–Kier alpha value is -6.52. The Kier molecular flexibility index (Phi) is 13.5. The largest absolute Gasteiger partial charge is 0.365 e. The van der Waals surface area contributed by atoms with Crippen LogP contribution in [0.1, 0.15) is 153 Å². The van der Waals surface area contributed by atoms with Crippen molar-refractivity contribution in [3.63, 3.8) is 0 Å². The van der Waals surface area contributed by atoms with Gasteiger partial charge in [-0.1, -0.05) is 134 Å². The number of benzene rings is 4. The number of anilines is 1. The van der Waals surface area contributed by atoms with Crippen LogP contribution in [0.4, 0.5) is 5.69 Å². The number of aromatic nitrogens is 2. The summed E-state index contributed by atoms with van der Waals surface area (Å²) in [4.78, 5) is 5.82. The maximum Gasteiger partial charge on any atom is 0.0542 e. The fraction of sp³-hybridized carbons (Fsp3) is 0.397. The lowest BCUT2D eigenvalue weighted by Crippen LogP contribution is -2.47. The molecule has 5 atom stereocenters. The van der Waals surface area contributed by atoms with Gasteiger partial charge in [-0.2, -0.15) is 0 Å². The van der Waals surface area contributed by atoms with Crippen LogP contribution in [-0.4, -0.2) is 32.2 Å². The molecule has 14 rings (SSSR count). The van der Waals surface area contributed by atoms with Crippen molar-refractivity contribution in [3.8, 4) is 5.69 Å². The van der Waals surface area contributed by atoms with Gasteiger partial charge in [-0.15, -0.1) is 0 Å². The molecule has 4 heteroatoms. The Morgan fingerprint density at radius 3 is 2.16 bits per heavy atom. The molecule has 0 aliphatic heterocycles. The van der Waals surface area contributed by atoms with Crippen molar-refractivity contribution in [1.29, 1.82) is 0 Å². The minimum absolute atomic E-state index is 0.377. The van der Waals surface area contributed by atoms with Crippen molar-refractivity contribution < 1.29 is 0 Å². The summed E-state index contributed by atoms with van der Waals surface area (Å²) in [5.74, 6) is 1.78. The predicted molar refractivity (Wildman–Crippen MR) is 325 cm³/mol. The number of hydrogen-bond acceptors (Lipinski definition) is 2. The maximum atomic E-state index is 3.00. The van der Waals surface area contributed by atoms with Crippen LogP contribution in [0.2, 0.25) is 0 Å². The third-order valence-electron chi connectivity index (χ3n) is 19.9. The fourth-order valence-electron chi connectivity index (χ4n) is 16.0. The van der Waals surface area contributed by atoms with E-state index in [0.717, 1.165) is 32.1 Å². The minimum atomic E-state index is 0.377. The van der Waals surface area contributed by atoms with Crippen molar-refractivity contribution in [2.24, 2.45) is 17.8 Å². The van der Waals surface area contributed by atoms with E-state index < -0.39 is 0 Å². The van der Waals surface area contributed by atoms with Crippen molar-refractivity contribution in [3.05, 3.63) is 209 Å². The van der Waals surface area contributed by atoms with Crippen molar-refractivity contribution in [2.45, 2.75) is 166 Å². The highest BCUT2D eigenvalue weighted by Gasteiger charge is 2.38. The Balaban J connectivity index is 0.747. The highest BCUT2D eigenvalue weighted by molar-refractivity contribution is 6.10. The summed E-state index contributed by atoms with van der Waals surface area (Å²) in [5, 5.41) is 4.12. The van der Waals surface area contributed by atoms with Crippen LogP contribution in [0, 0.1) is 17.8 Å². The van der Waals surface area contributed by atoms with E-state index in [9.17, 15) is 0 Å². The quantitative estimate of drug-likeness (QED) is 0.120. The number of rotatable bonds is 11. The van der Waals surface area contributed by atoms with E-state index in [2.05, 4.69) is 196 Å². The molecule has 77 heavy (non-hydrogen) atoms. The molecule has 2 aromatic heterocycles. The molecule has 0 amide bonds. The topological polar surface area (TPSA) is 16.3 Å². The normalized spacial score (nSPS) is 26.6. The van der Waals surface area contributed by atoms with Gasteiger partial charge in [-0.3, -0.25) is 0 Å². The molecule has 0 bridgehead atoms. The van der Waals surface area contributed by atoms with Gasteiger partial charge in [-0.25, -0.2) is 0 Å². The van der Waals surface area contributed by atoms with Gasteiger partial charge in [0.1, 0.15) is 0 Å². The average Bonchev–Trinajstić information content (AvgIpc) is 4.03. The Labute approximate surface area is 459 Å². The summed E-state index contributed by atoms with van der Waals surface area (Å²) in [6.45, 7) is 2.52. The molecule has 0 saturated heterocycles. The number of fused-ring (bicyclic) bond motifs is 6. The number of allylic oxidation sites excluding steroid dienone is 14. The Morgan fingerprint density at radius 1 is 0.545 bits per heavy atom. The van der Waals surface area contributed by atoms with Crippen LogP contribution < -0.4 is 4.90 Å². The Bertz CT molecular complexity index is 3470. The molecular weight excluding hydrogens is 933 g/mol. The first kappa shape index (κ1) is 48.8. The summed E-state index contributed by atoms with van der Waals surface area (Å²) in [5.41, 5.74) is 19.1. The lowest BCUT2D eigenvalue weighted by molar-refractivity contribution is 0.132. The van der Waals surface area contributed by atoms with Crippen LogP contribution in [0.5, 0.6) is 0 Å². The molecular formula is C73H80N4. The zero-order valence-corrected chi connectivity index (χ0v) is 45.8. The molecule has 4 aromatic carbocycles. The zero-order chi connectivity index (χ0) is 51.2. The van der Waals surface area contributed by atoms with Crippen molar-refractivity contribution >= 4 is 44.5 Å². The van der Waals surface area contributed by atoms with Crippen LogP contribution >= 0.6 is 0 Å². The van der Waals surface area contributed by atoms with Gasteiger partial charge < -0.3 is 18.9 Å². The third-order valence-corrected chi connectivity index (χ3v) is 19.9. The molecule has 8 aliphatic carbocycles. The molecule has 8 aliphatic rings. The Morgan fingerprint density at radius 2 is 1.39 bits per heavy atom. The van der Waals surface area contributed by atoms with Gasteiger partial charge in [0.25, 0.3) is 0 Å². The third kappa shape index (κ3) is 9.30. The molecule has 1 saturated carbocycles. The van der Waals surface area contributed by atoms with Crippen molar-refractivity contribution in [1.82, 2.24) is 14.0 Å². The molecule has 1 fully saturated rings. The molecule has 0 spiro atoms. The highest BCUT2D eigenvalue weighted by atomic mass is 15.2.